The molecule has 0 unspecified atom stereocenters. The number of benzene rings is 1. The molecule has 0 bridgehead atoms. The molecule has 2 N–H and O–H groups in total. The standard InChI is InChI=1S/C9H10F3NO/c1-14-7-4-2-6(3-5-7)8(13)9(10,11)12/h2-5,8H,13H2,1H3/t8-/m0/s1. The van der Waals surface area contributed by atoms with Crippen molar-refractivity contribution in [1.29, 1.82) is 0 Å². The van der Waals surface area contributed by atoms with Crippen LogP contribution in [0.4, 0.5) is 13.2 Å². The molecule has 0 aromatic heterocycles. The maximum atomic E-state index is 12.2. The molecule has 0 radical (unpaired) electrons. The van der Waals surface area contributed by atoms with Crippen molar-refractivity contribution in [2.75, 3.05) is 7.11 Å². The van der Waals surface area contributed by atoms with E-state index in [1.54, 1.807) is 0 Å². The van der Waals surface area contributed by atoms with Gasteiger partial charge in [0, 0.05) is 0 Å². The summed E-state index contributed by atoms with van der Waals surface area (Å²) in [4.78, 5) is 0. The van der Waals surface area contributed by atoms with Crippen molar-refractivity contribution in [1.82, 2.24) is 0 Å². The van der Waals surface area contributed by atoms with Gasteiger partial charge in [0.1, 0.15) is 11.8 Å². The van der Waals surface area contributed by atoms with Crippen LogP contribution in [0.15, 0.2) is 24.3 Å². The van der Waals surface area contributed by atoms with Gasteiger partial charge in [0.15, 0.2) is 0 Å². The lowest BCUT2D eigenvalue weighted by molar-refractivity contribution is -0.149. The lowest BCUT2D eigenvalue weighted by Crippen LogP contribution is -2.28. The molecule has 0 saturated carbocycles. The van der Waals surface area contributed by atoms with Crippen molar-refractivity contribution in [3.63, 3.8) is 0 Å². The molecule has 0 amide bonds. The van der Waals surface area contributed by atoms with Crippen LogP contribution in [-0.4, -0.2) is 13.3 Å². The molecule has 1 aromatic rings. The molecule has 0 aliphatic rings. The van der Waals surface area contributed by atoms with Gasteiger partial charge in [0.25, 0.3) is 0 Å². The number of methoxy groups -OCH3 is 1. The topological polar surface area (TPSA) is 35.2 Å². The van der Waals surface area contributed by atoms with Gasteiger partial charge in [-0.15, -0.1) is 0 Å². The molecule has 1 aromatic carbocycles. The van der Waals surface area contributed by atoms with Gasteiger partial charge in [-0.1, -0.05) is 12.1 Å². The van der Waals surface area contributed by atoms with Crippen LogP contribution in [0.2, 0.25) is 0 Å². The fourth-order valence-electron chi connectivity index (χ4n) is 1.00. The molecule has 0 fully saturated rings. The minimum Gasteiger partial charge on any atom is -0.497 e. The summed E-state index contributed by atoms with van der Waals surface area (Å²) in [5.74, 6) is 0.503. The number of nitrogens with two attached hydrogens (primary N) is 1. The first-order chi connectivity index (χ1) is 6.45. The minimum atomic E-state index is -4.41. The van der Waals surface area contributed by atoms with Crippen LogP contribution < -0.4 is 10.5 Å². The SMILES string of the molecule is COc1ccc([C@H](N)C(F)(F)F)cc1. The maximum absolute atomic E-state index is 12.2. The van der Waals surface area contributed by atoms with Gasteiger partial charge in [-0.25, -0.2) is 0 Å². The Balaban J connectivity index is 2.87. The largest absolute Gasteiger partial charge is 0.497 e. The lowest BCUT2D eigenvalue weighted by atomic mass is 10.1. The van der Waals surface area contributed by atoms with E-state index in [1.165, 1.54) is 31.4 Å². The highest BCUT2D eigenvalue weighted by molar-refractivity contribution is 5.29. The molecule has 0 aliphatic carbocycles. The summed E-state index contributed by atoms with van der Waals surface area (Å²) in [6.45, 7) is 0. The molecule has 78 valence electrons. The zero-order valence-corrected chi connectivity index (χ0v) is 7.51. The fourth-order valence-corrected chi connectivity index (χ4v) is 1.00. The van der Waals surface area contributed by atoms with Gasteiger partial charge < -0.3 is 10.5 Å². The van der Waals surface area contributed by atoms with Crippen LogP contribution in [0.25, 0.3) is 0 Å². The predicted octanol–water partition coefficient (Wildman–Crippen LogP) is 2.26. The predicted molar refractivity (Wildman–Crippen MR) is 46.0 cm³/mol. The van der Waals surface area contributed by atoms with Crippen molar-refractivity contribution in [3.8, 4) is 5.75 Å². The number of ether oxygens (including phenoxy) is 1. The molecule has 0 spiro atoms. The third-order valence-corrected chi connectivity index (χ3v) is 1.83. The second-order valence-electron chi connectivity index (χ2n) is 2.79. The maximum Gasteiger partial charge on any atom is 0.407 e. The van der Waals surface area contributed by atoms with Crippen LogP contribution in [-0.2, 0) is 0 Å². The van der Waals surface area contributed by atoms with Crippen molar-refractivity contribution in [3.05, 3.63) is 29.8 Å². The molecule has 14 heavy (non-hydrogen) atoms. The second kappa shape index (κ2) is 3.88. The van der Waals surface area contributed by atoms with Crippen LogP contribution >= 0.6 is 0 Å². The third kappa shape index (κ3) is 2.38. The van der Waals surface area contributed by atoms with E-state index in [4.69, 9.17) is 10.5 Å². The number of rotatable bonds is 2. The number of alkyl halides is 3. The normalized spacial score (nSPS) is 13.8. The third-order valence-electron chi connectivity index (χ3n) is 1.83. The number of hydrogen-bond acceptors (Lipinski definition) is 2. The van der Waals surface area contributed by atoms with Crippen LogP contribution in [0.5, 0.6) is 5.75 Å². The molecular weight excluding hydrogens is 195 g/mol. The summed E-state index contributed by atoms with van der Waals surface area (Å²) in [6, 6.07) is 3.56. The quantitative estimate of drug-likeness (QED) is 0.803. The summed E-state index contributed by atoms with van der Waals surface area (Å²) in [5, 5.41) is 0. The number of hydrogen-bond donors (Lipinski definition) is 1. The first-order valence-electron chi connectivity index (χ1n) is 3.91. The zero-order valence-electron chi connectivity index (χ0n) is 7.51. The average molecular weight is 205 g/mol. The van der Waals surface area contributed by atoms with E-state index in [1.807, 2.05) is 0 Å². The van der Waals surface area contributed by atoms with Gasteiger partial charge in [-0.2, -0.15) is 13.2 Å². The molecule has 1 atom stereocenters. The zero-order chi connectivity index (χ0) is 10.8. The van der Waals surface area contributed by atoms with Gasteiger partial charge >= 0.3 is 6.18 Å². The highest BCUT2D eigenvalue weighted by atomic mass is 19.4. The Bertz CT molecular complexity index is 294. The average Bonchev–Trinajstić information content (AvgIpc) is 2.15. The van der Waals surface area contributed by atoms with Crippen LogP contribution in [0.3, 0.4) is 0 Å². The monoisotopic (exact) mass is 205 g/mol. The van der Waals surface area contributed by atoms with E-state index < -0.39 is 12.2 Å². The lowest BCUT2D eigenvalue weighted by Gasteiger charge is -2.15. The Morgan fingerprint density at radius 1 is 1.21 bits per heavy atom. The van der Waals surface area contributed by atoms with E-state index in [9.17, 15) is 13.2 Å². The Morgan fingerprint density at radius 2 is 1.71 bits per heavy atom. The van der Waals surface area contributed by atoms with E-state index in [0.29, 0.717) is 5.75 Å². The Hall–Kier alpha value is -1.23. The van der Waals surface area contributed by atoms with Gasteiger partial charge in [-0.3, -0.25) is 0 Å². The van der Waals surface area contributed by atoms with Gasteiger partial charge in [-0.05, 0) is 17.7 Å². The number of halogens is 3. The minimum absolute atomic E-state index is 0.0262. The first-order valence-corrected chi connectivity index (χ1v) is 3.91. The molecule has 0 heterocycles. The Kier molecular flexibility index (Phi) is 3.00. The van der Waals surface area contributed by atoms with E-state index in [0.717, 1.165) is 0 Å². The van der Waals surface area contributed by atoms with Crippen molar-refractivity contribution >= 4 is 0 Å². The molecule has 0 saturated heterocycles. The molecule has 5 heteroatoms. The van der Waals surface area contributed by atoms with E-state index in [-0.39, 0.29) is 5.56 Å². The summed E-state index contributed by atoms with van der Waals surface area (Å²) in [7, 11) is 1.44. The van der Waals surface area contributed by atoms with Gasteiger partial charge in [0.05, 0.1) is 7.11 Å². The van der Waals surface area contributed by atoms with Crippen molar-refractivity contribution < 1.29 is 17.9 Å². The molecule has 2 nitrogen and oxygen atoms in total. The summed E-state index contributed by atoms with van der Waals surface area (Å²) >= 11 is 0. The summed E-state index contributed by atoms with van der Waals surface area (Å²) in [6.07, 6.45) is -4.41. The van der Waals surface area contributed by atoms with E-state index >= 15 is 0 Å². The van der Waals surface area contributed by atoms with Crippen molar-refractivity contribution in [2.24, 2.45) is 5.73 Å². The highest BCUT2D eigenvalue weighted by Crippen LogP contribution is 2.30. The molecule has 1 rings (SSSR count). The highest BCUT2D eigenvalue weighted by Gasteiger charge is 2.37. The van der Waals surface area contributed by atoms with Gasteiger partial charge in [0.2, 0.25) is 0 Å². The fraction of sp³-hybridized carbons (Fsp3) is 0.333. The molecule has 0 aliphatic heterocycles. The van der Waals surface area contributed by atoms with E-state index in [2.05, 4.69) is 0 Å². The van der Waals surface area contributed by atoms with Crippen molar-refractivity contribution in [2.45, 2.75) is 12.2 Å². The second-order valence-corrected chi connectivity index (χ2v) is 2.79. The summed E-state index contributed by atoms with van der Waals surface area (Å²) < 4.78 is 41.3. The van der Waals surface area contributed by atoms with Crippen LogP contribution in [0.1, 0.15) is 11.6 Å². The Labute approximate surface area is 79.5 Å². The summed E-state index contributed by atoms with van der Waals surface area (Å²) in [5.41, 5.74) is 5.02. The Morgan fingerprint density at radius 3 is 2.07 bits per heavy atom. The molecular formula is C9H10F3NO. The first kappa shape index (κ1) is 10.8. The van der Waals surface area contributed by atoms with Crippen LogP contribution in [0, 0.1) is 0 Å². The smallest absolute Gasteiger partial charge is 0.407 e.